The fourth-order valence-corrected chi connectivity index (χ4v) is 3.15. The summed E-state index contributed by atoms with van der Waals surface area (Å²) in [5.41, 5.74) is 0.423. The molecule has 1 atom stereocenters. The number of hydrogen-bond donors (Lipinski definition) is 1. The number of anilines is 1. The average Bonchev–Trinajstić information content (AvgIpc) is 2.17. The van der Waals surface area contributed by atoms with Crippen molar-refractivity contribution in [3.05, 3.63) is 23.2 Å². The number of carbonyl (C=O) groups excluding carboxylic acids is 1. The molecule has 1 aromatic rings. The van der Waals surface area contributed by atoms with Gasteiger partial charge < -0.3 is 5.32 Å². The standard InChI is InChI=1S/C9H8ClNO3S/c1-5-9(12)15(13,14)8-4-6(10)2-3-7(8)11-5/h2-5,11H,1H3. The quantitative estimate of drug-likeness (QED) is 0.752. The Balaban J connectivity index is 2.74. The van der Waals surface area contributed by atoms with E-state index in [1.54, 1.807) is 12.1 Å². The van der Waals surface area contributed by atoms with E-state index in [1.165, 1.54) is 13.0 Å². The smallest absolute Gasteiger partial charge is 0.272 e. The van der Waals surface area contributed by atoms with Crippen molar-refractivity contribution in [2.45, 2.75) is 17.9 Å². The van der Waals surface area contributed by atoms with Crippen LogP contribution < -0.4 is 5.32 Å². The lowest BCUT2D eigenvalue weighted by atomic mass is 10.2. The molecule has 0 radical (unpaired) electrons. The van der Waals surface area contributed by atoms with Crippen molar-refractivity contribution < 1.29 is 13.2 Å². The van der Waals surface area contributed by atoms with Crippen molar-refractivity contribution in [2.75, 3.05) is 5.32 Å². The summed E-state index contributed by atoms with van der Waals surface area (Å²) in [5.74, 6) is 0. The Morgan fingerprint density at radius 1 is 1.40 bits per heavy atom. The van der Waals surface area contributed by atoms with Crippen LogP contribution in [0.4, 0.5) is 5.69 Å². The molecule has 1 aromatic carbocycles. The summed E-state index contributed by atoms with van der Waals surface area (Å²) in [6, 6.07) is 3.69. The van der Waals surface area contributed by atoms with Gasteiger partial charge >= 0.3 is 0 Å². The number of nitrogens with one attached hydrogen (secondary N) is 1. The van der Waals surface area contributed by atoms with E-state index in [0.717, 1.165) is 0 Å². The highest BCUT2D eigenvalue weighted by Crippen LogP contribution is 2.31. The van der Waals surface area contributed by atoms with Gasteiger partial charge in [0.25, 0.3) is 5.12 Å². The Morgan fingerprint density at radius 3 is 2.73 bits per heavy atom. The van der Waals surface area contributed by atoms with Gasteiger partial charge in [0.15, 0.2) is 0 Å². The van der Waals surface area contributed by atoms with Crippen LogP contribution in [0.3, 0.4) is 0 Å². The molecule has 1 aliphatic rings. The first-order chi connectivity index (χ1) is 6.93. The van der Waals surface area contributed by atoms with Crippen molar-refractivity contribution in [3.63, 3.8) is 0 Å². The van der Waals surface area contributed by atoms with Crippen LogP contribution in [-0.2, 0) is 14.6 Å². The lowest BCUT2D eigenvalue weighted by Gasteiger charge is -2.22. The van der Waals surface area contributed by atoms with Crippen LogP contribution in [0, 0.1) is 0 Å². The van der Waals surface area contributed by atoms with Gasteiger partial charge in [0.2, 0.25) is 9.84 Å². The molecule has 0 saturated carbocycles. The van der Waals surface area contributed by atoms with Gasteiger partial charge in [-0.2, -0.15) is 0 Å². The van der Waals surface area contributed by atoms with Crippen LogP contribution in [0.5, 0.6) is 0 Å². The Labute approximate surface area is 92.2 Å². The minimum atomic E-state index is -3.88. The first-order valence-corrected chi connectivity index (χ1v) is 6.14. The van der Waals surface area contributed by atoms with Crippen molar-refractivity contribution in [3.8, 4) is 0 Å². The first kappa shape index (κ1) is 10.4. The molecular weight excluding hydrogens is 238 g/mol. The Bertz CT molecular complexity index is 538. The molecule has 15 heavy (non-hydrogen) atoms. The first-order valence-electron chi connectivity index (χ1n) is 4.28. The minimum absolute atomic E-state index is 0.0434. The van der Waals surface area contributed by atoms with E-state index in [-0.39, 0.29) is 4.90 Å². The monoisotopic (exact) mass is 245 g/mol. The molecule has 0 spiro atoms. The van der Waals surface area contributed by atoms with E-state index < -0.39 is 21.0 Å². The Kier molecular flexibility index (Phi) is 2.24. The molecule has 80 valence electrons. The second kappa shape index (κ2) is 3.21. The number of halogens is 1. The molecule has 1 heterocycles. The van der Waals surface area contributed by atoms with Gasteiger partial charge in [-0.15, -0.1) is 0 Å². The third-order valence-electron chi connectivity index (χ3n) is 2.22. The molecule has 1 unspecified atom stereocenters. The predicted octanol–water partition coefficient (Wildman–Crippen LogP) is 1.45. The topological polar surface area (TPSA) is 63.2 Å². The van der Waals surface area contributed by atoms with Crippen molar-refractivity contribution in [1.82, 2.24) is 0 Å². The van der Waals surface area contributed by atoms with E-state index in [4.69, 9.17) is 11.6 Å². The van der Waals surface area contributed by atoms with Crippen molar-refractivity contribution in [1.29, 1.82) is 0 Å². The highest BCUT2D eigenvalue weighted by Gasteiger charge is 2.36. The van der Waals surface area contributed by atoms with Crippen molar-refractivity contribution >= 4 is 32.2 Å². The summed E-state index contributed by atoms with van der Waals surface area (Å²) in [6.45, 7) is 1.51. The van der Waals surface area contributed by atoms with Gasteiger partial charge in [-0.1, -0.05) is 11.6 Å². The second-order valence-corrected chi connectivity index (χ2v) is 5.61. The number of carbonyl (C=O) groups is 1. The summed E-state index contributed by atoms with van der Waals surface area (Å²) in [7, 11) is -3.88. The zero-order valence-corrected chi connectivity index (χ0v) is 9.39. The second-order valence-electron chi connectivity index (χ2n) is 3.33. The molecule has 0 bridgehead atoms. The van der Waals surface area contributed by atoms with E-state index in [1.807, 2.05) is 0 Å². The number of sulfone groups is 1. The zero-order chi connectivity index (χ0) is 11.2. The number of hydrogen-bond acceptors (Lipinski definition) is 4. The van der Waals surface area contributed by atoms with Crippen molar-refractivity contribution in [2.24, 2.45) is 0 Å². The summed E-state index contributed by atoms with van der Waals surface area (Å²) in [4.78, 5) is 11.4. The maximum atomic E-state index is 11.7. The van der Waals surface area contributed by atoms with Gasteiger partial charge in [-0.3, -0.25) is 4.79 Å². The molecule has 0 aromatic heterocycles. The zero-order valence-electron chi connectivity index (χ0n) is 7.82. The minimum Gasteiger partial charge on any atom is -0.373 e. The average molecular weight is 246 g/mol. The Morgan fingerprint density at radius 2 is 2.07 bits per heavy atom. The summed E-state index contributed by atoms with van der Waals surface area (Å²) in [6.07, 6.45) is 0. The highest BCUT2D eigenvalue weighted by atomic mass is 35.5. The van der Waals surface area contributed by atoms with Crippen LogP contribution in [0.15, 0.2) is 23.1 Å². The third-order valence-corrected chi connectivity index (χ3v) is 4.26. The maximum Gasteiger partial charge on any atom is 0.272 e. The lowest BCUT2D eigenvalue weighted by molar-refractivity contribution is -0.112. The van der Waals surface area contributed by atoms with E-state index in [9.17, 15) is 13.2 Å². The summed E-state index contributed by atoms with van der Waals surface area (Å²) < 4.78 is 23.4. The van der Waals surface area contributed by atoms with Gasteiger partial charge in [0.1, 0.15) is 0 Å². The largest absolute Gasteiger partial charge is 0.373 e. The molecule has 0 fully saturated rings. The van der Waals surface area contributed by atoms with Gasteiger partial charge in [0.05, 0.1) is 16.6 Å². The fraction of sp³-hybridized carbons (Fsp3) is 0.222. The van der Waals surface area contributed by atoms with E-state index >= 15 is 0 Å². The van der Waals surface area contributed by atoms with Gasteiger partial charge in [-0.25, -0.2) is 8.42 Å². The number of fused-ring (bicyclic) bond motifs is 1. The van der Waals surface area contributed by atoms with Crippen LogP contribution in [0.1, 0.15) is 6.92 Å². The molecule has 0 aliphatic carbocycles. The molecule has 0 saturated heterocycles. The molecule has 4 nitrogen and oxygen atoms in total. The molecule has 6 heteroatoms. The van der Waals surface area contributed by atoms with Gasteiger partial charge in [0, 0.05) is 5.02 Å². The molecule has 0 amide bonds. The SMILES string of the molecule is CC1Nc2ccc(Cl)cc2S(=O)(=O)C1=O. The fourth-order valence-electron chi connectivity index (χ4n) is 1.47. The lowest BCUT2D eigenvalue weighted by Crippen LogP contribution is -2.37. The van der Waals surface area contributed by atoms with Crippen LogP contribution in [-0.4, -0.2) is 19.6 Å². The third kappa shape index (κ3) is 1.52. The molecule has 1 N–H and O–H groups in total. The predicted molar refractivity (Wildman–Crippen MR) is 56.7 cm³/mol. The molecule has 1 aliphatic heterocycles. The number of rotatable bonds is 0. The van der Waals surface area contributed by atoms with Crippen LogP contribution in [0.25, 0.3) is 0 Å². The maximum absolute atomic E-state index is 11.7. The number of benzene rings is 1. The highest BCUT2D eigenvalue weighted by molar-refractivity contribution is 8.06. The van der Waals surface area contributed by atoms with E-state index in [0.29, 0.717) is 10.7 Å². The van der Waals surface area contributed by atoms with Crippen LogP contribution >= 0.6 is 11.6 Å². The normalized spacial score (nSPS) is 23.1. The van der Waals surface area contributed by atoms with Crippen LogP contribution in [0.2, 0.25) is 5.02 Å². The van der Waals surface area contributed by atoms with E-state index in [2.05, 4.69) is 5.32 Å². The summed E-state index contributed by atoms with van der Waals surface area (Å²) in [5, 5.41) is 2.28. The Hall–Kier alpha value is -1.07. The van der Waals surface area contributed by atoms with Gasteiger partial charge in [-0.05, 0) is 25.1 Å². The summed E-state index contributed by atoms with van der Waals surface area (Å²) >= 11 is 5.68. The molecular formula is C9H8ClNO3S. The molecule has 2 rings (SSSR count).